The number of rotatable bonds is 6. The van der Waals surface area contributed by atoms with Gasteiger partial charge in [-0.3, -0.25) is 0 Å². The molecule has 3 nitrogen and oxygen atoms in total. The molecule has 0 N–H and O–H groups in total. The lowest BCUT2D eigenvalue weighted by atomic mass is 10.0. The molecule has 2 aromatic carbocycles. The van der Waals surface area contributed by atoms with Crippen LogP contribution in [0.2, 0.25) is 0 Å². The first kappa shape index (κ1) is 20.5. The average molecular weight is 413 g/mol. The quantitative estimate of drug-likeness (QED) is 0.493. The molecule has 1 saturated carbocycles. The van der Waals surface area contributed by atoms with Crippen molar-refractivity contribution in [3.05, 3.63) is 36.4 Å². The molecule has 0 unspecified atom stereocenters. The first-order valence-electron chi connectivity index (χ1n) is 11.0. The molecule has 1 fully saturated rings. The summed E-state index contributed by atoms with van der Waals surface area (Å²) < 4.78 is 18.7. The molecule has 0 aromatic heterocycles. The Balaban J connectivity index is 1.84. The number of hydrogen-bond donors (Lipinski definition) is 0. The second kappa shape index (κ2) is 8.96. The highest BCUT2D eigenvalue weighted by molar-refractivity contribution is 7.67. The summed E-state index contributed by atoms with van der Waals surface area (Å²) in [7, 11) is -0.322. The Morgan fingerprint density at radius 3 is 2.10 bits per heavy atom. The summed E-state index contributed by atoms with van der Waals surface area (Å²) in [5, 5.41) is 1.42. The van der Waals surface area contributed by atoms with Crippen molar-refractivity contribution >= 4 is 13.2 Å². The lowest BCUT2D eigenvalue weighted by Gasteiger charge is -2.28. The van der Waals surface area contributed by atoms with E-state index in [2.05, 4.69) is 58.0 Å². The minimum Gasteiger partial charge on any atom is -0.490 e. The fourth-order valence-corrected chi connectivity index (χ4v) is 7.39. The molecule has 2 aliphatic rings. The minimum atomic E-state index is -0.322. The van der Waals surface area contributed by atoms with E-state index < -0.39 is 0 Å². The van der Waals surface area contributed by atoms with Gasteiger partial charge in [-0.2, -0.15) is 0 Å². The summed E-state index contributed by atoms with van der Waals surface area (Å²) in [5.74, 6) is 2.86. The van der Waals surface area contributed by atoms with Gasteiger partial charge in [-0.15, -0.1) is 0 Å². The van der Waals surface area contributed by atoms with Crippen LogP contribution in [0.1, 0.15) is 59.8 Å². The van der Waals surface area contributed by atoms with Crippen LogP contribution in [0.25, 0.3) is 11.1 Å². The predicted octanol–water partition coefficient (Wildman–Crippen LogP) is 6.72. The smallest absolute Gasteiger partial charge is 0.131 e. The van der Waals surface area contributed by atoms with Gasteiger partial charge in [0.05, 0.1) is 17.8 Å². The highest BCUT2D eigenvalue weighted by atomic mass is 31.1. The van der Waals surface area contributed by atoms with Gasteiger partial charge in [0.2, 0.25) is 0 Å². The largest absolute Gasteiger partial charge is 0.490 e. The molecule has 4 rings (SSSR count). The summed E-state index contributed by atoms with van der Waals surface area (Å²) >= 11 is 0. The Labute approximate surface area is 176 Å². The van der Waals surface area contributed by atoms with Gasteiger partial charge in [-0.1, -0.05) is 37.5 Å². The van der Waals surface area contributed by atoms with Crippen molar-refractivity contribution in [3.8, 4) is 28.4 Å². The van der Waals surface area contributed by atoms with E-state index in [0.717, 1.165) is 34.8 Å². The van der Waals surface area contributed by atoms with E-state index in [9.17, 15) is 0 Å². The van der Waals surface area contributed by atoms with Crippen LogP contribution < -0.4 is 19.5 Å². The van der Waals surface area contributed by atoms with Crippen LogP contribution in [0.4, 0.5) is 0 Å². The first-order chi connectivity index (χ1) is 14.0. The van der Waals surface area contributed by atoms with Crippen LogP contribution in [0, 0.1) is 0 Å². The maximum Gasteiger partial charge on any atom is 0.131 e. The summed E-state index contributed by atoms with van der Waals surface area (Å²) in [4.78, 5) is 0. The molecular weight excluding hydrogens is 379 g/mol. The molecule has 29 heavy (non-hydrogen) atoms. The monoisotopic (exact) mass is 412 g/mol. The molecule has 1 atom stereocenters. The third-order valence-corrected chi connectivity index (χ3v) is 8.48. The van der Waals surface area contributed by atoms with Crippen molar-refractivity contribution in [3.63, 3.8) is 0 Å². The van der Waals surface area contributed by atoms with Crippen molar-refractivity contribution < 1.29 is 14.2 Å². The maximum atomic E-state index is 6.25. The van der Waals surface area contributed by atoms with Gasteiger partial charge in [0.15, 0.2) is 0 Å². The molecule has 1 aliphatic carbocycles. The molecule has 0 spiro atoms. The maximum absolute atomic E-state index is 6.25. The van der Waals surface area contributed by atoms with Gasteiger partial charge < -0.3 is 14.2 Å². The molecule has 1 aliphatic heterocycles. The van der Waals surface area contributed by atoms with Crippen molar-refractivity contribution in [2.75, 3.05) is 6.35 Å². The minimum absolute atomic E-state index is 0.107. The molecule has 2 aromatic rings. The number of ether oxygens (including phenoxy) is 3. The highest BCUT2D eigenvalue weighted by Crippen LogP contribution is 2.55. The SMILES string of the molecule is CC(C)Oc1cccc(OC(C)C)c1-c1cccc2c1[P@@](C1CCCCC1)CO2. The van der Waals surface area contributed by atoms with Gasteiger partial charge in [0.1, 0.15) is 23.6 Å². The summed E-state index contributed by atoms with van der Waals surface area (Å²) in [6.07, 6.45) is 7.84. The lowest BCUT2D eigenvalue weighted by Crippen LogP contribution is -2.18. The normalized spacial score (nSPS) is 19.3. The van der Waals surface area contributed by atoms with Gasteiger partial charge in [-0.05, 0) is 72.3 Å². The summed E-state index contributed by atoms with van der Waals surface area (Å²) in [5.41, 5.74) is 3.10. The Bertz CT molecular complexity index is 812. The van der Waals surface area contributed by atoms with Crippen LogP contribution in [-0.4, -0.2) is 24.2 Å². The van der Waals surface area contributed by atoms with Crippen molar-refractivity contribution in [2.45, 2.75) is 77.7 Å². The van der Waals surface area contributed by atoms with E-state index in [1.54, 1.807) is 0 Å². The van der Waals surface area contributed by atoms with E-state index >= 15 is 0 Å². The van der Waals surface area contributed by atoms with E-state index in [0.29, 0.717) is 0 Å². The van der Waals surface area contributed by atoms with Crippen LogP contribution in [-0.2, 0) is 0 Å². The standard InChI is InChI=1S/C25H33O3P/c1-17(2)27-21-13-9-14-22(28-18(3)4)24(21)20-12-8-15-23-25(20)29(16-26-23)19-10-6-5-7-11-19/h8-9,12-15,17-19H,5-7,10-11,16H2,1-4H3/t29-/m1/s1. The fraction of sp³-hybridized carbons (Fsp3) is 0.520. The zero-order valence-corrected chi connectivity index (χ0v) is 19.0. The number of benzene rings is 2. The zero-order chi connectivity index (χ0) is 20.4. The molecule has 0 bridgehead atoms. The Morgan fingerprint density at radius 2 is 1.48 bits per heavy atom. The van der Waals surface area contributed by atoms with E-state index in [1.165, 1.54) is 43.0 Å². The molecule has 4 heteroatoms. The highest BCUT2D eigenvalue weighted by Gasteiger charge is 2.35. The Hall–Kier alpha value is -1.73. The van der Waals surface area contributed by atoms with Crippen LogP contribution in [0.5, 0.6) is 17.2 Å². The summed E-state index contributed by atoms with van der Waals surface area (Å²) in [6.45, 7) is 8.31. The number of fused-ring (bicyclic) bond motifs is 1. The van der Waals surface area contributed by atoms with E-state index in [4.69, 9.17) is 14.2 Å². The Kier molecular flexibility index (Phi) is 6.35. The fourth-order valence-electron chi connectivity index (χ4n) is 4.50. The third kappa shape index (κ3) is 4.40. The van der Waals surface area contributed by atoms with Crippen molar-refractivity contribution in [1.29, 1.82) is 0 Å². The lowest BCUT2D eigenvalue weighted by molar-refractivity contribution is 0.231. The second-order valence-electron chi connectivity index (χ2n) is 8.65. The van der Waals surface area contributed by atoms with E-state index in [1.807, 2.05) is 6.07 Å². The molecule has 0 amide bonds. The Morgan fingerprint density at radius 1 is 0.862 bits per heavy atom. The van der Waals surface area contributed by atoms with Gasteiger partial charge in [-0.25, -0.2) is 0 Å². The van der Waals surface area contributed by atoms with Gasteiger partial charge in [0, 0.05) is 10.9 Å². The van der Waals surface area contributed by atoms with Crippen molar-refractivity contribution in [1.82, 2.24) is 0 Å². The second-order valence-corrected chi connectivity index (χ2v) is 11.0. The van der Waals surface area contributed by atoms with Gasteiger partial charge >= 0.3 is 0 Å². The van der Waals surface area contributed by atoms with Crippen LogP contribution in [0.15, 0.2) is 36.4 Å². The van der Waals surface area contributed by atoms with E-state index in [-0.39, 0.29) is 20.1 Å². The predicted molar refractivity (Wildman–Crippen MR) is 122 cm³/mol. The van der Waals surface area contributed by atoms with Crippen LogP contribution in [0.3, 0.4) is 0 Å². The molecule has 156 valence electrons. The molecule has 0 saturated heterocycles. The van der Waals surface area contributed by atoms with Crippen molar-refractivity contribution in [2.24, 2.45) is 0 Å². The molecular formula is C25H33O3P. The molecule has 1 heterocycles. The zero-order valence-electron chi connectivity index (χ0n) is 18.1. The third-order valence-electron chi connectivity index (χ3n) is 5.64. The summed E-state index contributed by atoms with van der Waals surface area (Å²) in [6, 6.07) is 12.7. The first-order valence-corrected chi connectivity index (χ1v) is 12.6. The molecule has 0 radical (unpaired) electrons. The van der Waals surface area contributed by atoms with Crippen LogP contribution >= 0.6 is 7.92 Å². The average Bonchev–Trinajstić information content (AvgIpc) is 3.12. The number of hydrogen-bond acceptors (Lipinski definition) is 3. The topological polar surface area (TPSA) is 27.7 Å². The van der Waals surface area contributed by atoms with Gasteiger partial charge in [0.25, 0.3) is 0 Å².